The minimum absolute atomic E-state index is 0. The van der Waals surface area contributed by atoms with Crippen LogP contribution in [0.4, 0.5) is 0 Å². The molecule has 2 unspecified atom stereocenters. The molecule has 3 rings (SSSR count). The molecular formula is C16H22BrClN2O. The van der Waals surface area contributed by atoms with Gasteiger partial charge in [-0.1, -0.05) is 28.1 Å². The van der Waals surface area contributed by atoms with Crippen molar-refractivity contribution in [3.63, 3.8) is 0 Å². The van der Waals surface area contributed by atoms with E-state index >= 15 is 0 Å². The second-order valence-electron chi connectivity index (χ2n) is 6.24. The predicted molar refractivity (Wildman–Crippen MR) is 90.6 cm³/mol. The van der Waals surface area contributed by atoms with Gasteiger partial charge in [-0.15, -0.1) is 12.4 Å². The second kappa shape index (κ2) is 6.27. The molecule has 116 valence electrons. The summed E-state index contributed by atoms with van der Waals surface area (Å²) in [5, 5.41) is 0. The van der Waals surface area contributed by atoms with Crippen LogP contribution < -0.4 is 5.73 Å². The Morgan fingerprint density at radius 2 is 2.19 bits per heavy atom. The highest BCUT2D eigenvalue weighted by molar-refractivity contribution is 9.10. The summed E-state index contributed by atoms with van der Waals surface area (Å²) in [6, 6.07) is 8.51. The Balaban J connectivity index is 0.00000161. The maximum Gasteiger partial charge on any atom is 0.233 e. The van der Waals surface area contributed by atoms with Crippen LogP contribution in [0.25, 0.3) is 0 Å². The van der Waals surface area contributed by atoms with Crippen LogP contribution in [0.3, 0.4) is 0 Å². The lowest BCUT2D eigenvalue weighted by Gasteiger charge is -2.27. The van der Waals surface area contributed by atoms with Crippen LogP contribution in [0.1, 0.15) is 31.7 Å². The maximum atomic E-state index is 13.0. The van der Waals surface area contributed by atoms with Gasteiger partial charge in [-0.25, -0.2) is 0 Å². The van der Waals surface area contributed by atoms with Crippen molar-refractivity contribution in [1.29, 1.82) is 0 Å². The lowest BCUT2D eigenvalue weighted by atomic mass is 9.94. The van der Waals surface area contributed by atoms with Crippen molar-refractivity contribution < 1.29 is 4.79 Å². The summed E-state index contributed by atoms with van der Waals surface area (Å²) in [6.07, 6.45) is 2.98. The fourth-order valence-electron chi connectivity index (χ4n) is 3.41. The van der Waals surface area contributed by atoms with E-state index in [1.165, 1.54) is 0 Å². The molecule has 21 heavy (non-hydrogen) atoms. The Bertz CT molecular complexity index is 533. The van der Waals surface area contributed by atoms with Gasteiger partial charge >= 0.3 is 0 Å². The fourth-order valence-corrected chi connectivity index (χ4v) is 3.81. The average molecular weight is 374 g/mol. The highest BCUT2D eigenvalue weighted by Gasteiger charge is 2.54. The molecule has 0 bridgehead atoms. The molecule has 1 saturated carbocycles. The average Bonchev–Trinajstić information content (AvgIpc) is 3.16. The maximum absolute atomic E-state index is 13.0. The van der Waals surface area contributed by atoms with Gasteiger partial charge in [0, 0.05) is 17.1 Å². The summed E-state index contributed by atoms with van der Waals surface area (Å²) in [5.41, 5.74) is 6.66. The highest BCUT2D eigenvalue weighted by atomic mass is 79.9. The summed E-state index contributed by atoms with van der Waals surface area (Å²) < 4.78 is 1.04. The number of hydrogen-bond donors (Lipinski definition) is 1. The van der Waals surface area contributed by atoms with Crippen LogP contribution in [0.15, 0.2) is 28.7 Å². The number of halogens is 2. The Morgan fingerprint density at radius 3 is 2.71 bits per heavy atom. The number of carbonyl (C=O) groups is 1. The van der Waals surface area contributed by atoms with Crippen molar-refractivity contribution in [3.05, 3.63) is 34.3 Å². The van der Waals surface area contributed by atoms with Gasteiger partial charge in [0.15, 0.2) is 0 Å². The second-order valence-corrected chi connectivity index (χ2v) is 7.15. The van der Waals surface area contributed by atoms with Crippen LogP contribution in [-0.2, 0) is 10.2 Å². The first-order valence-corrected chi connectivity index (χ1v) is 8.13. The summed E-state index contributed by atoms with van der Waals surface area (Å²) in [7, 11) is 0. The lowest BCUT2D eigenvalue weighted by Crippen LogP contribution is -2.41. The zero-order valence-corrected chi connectivity index (χ0v) is 14.6. The number of benzene rings is 1. The summed E-state index contributed by atoms with van der Waals surface area (Å²) in [6.45, 7) is 3.65. The largest absolute Gasteiger partial charge is 0.339 e. The van der Waals surface area contributed by atoms with E-state index in [0.29, 0.717) is 24.4 Å². The van der Waals surface area contributed by atoms with Crippen LogP contribution >= 0.6 is 28.3 Å². The van der Waals surface area contributed by atoms with Gasteiger partial charge in [0.05, 0.1) is 5.41 Å². The molecule has 1 saturated heterocycles. The number of hydrogen-bond acceptors (Lipinski definition) is 2. The molecule has 1 heterocycles. The van der Waals surface area contributed by atoms with E-state index in [-0.39, 0.29) is 17.8 Å². The van der Waals surface area contributed by atoms with Gasteiger partial charge in [-0.2, -0.15) is 0 Å². The smallest absolute Gasteiger partial charge is 0.233 e. The van der Waals surface area contributed by atoms with Crippen molar-refractivity contribution in [2.75, 3.05) is 13.1 Å². The molecule has 2 fully saturated rings. The van der Waals surface area contributed by atoms with Crippen molar-refractivity contribution in [2.45, 2.75) is 37.6 Å². The Hall–Kier alpha value is -0.580. The first-order valence-electron chi connectivity index (χ1n) is 7.34. The van der Waals surface area contributed by atoms with E-state index in [4.69, 9.17) is 5.73 Å². The topological polar surface area (TPSA) is 46.3 Å². The van der Waals surface area contributed by atoms with E-state index in [2.05, 4.69) is 39.9 Å². The monoisotopic (exact) mass is 372 g/mol. The lowest BCUT2D eigenvalue weighted by molar-refractivity contribution is -0.134. The third-order valence-corrected chi connectivity index (χ3v) is 5.29. The quantitative estimate of drug-likeness (QED) is 0.885. The summed E-state index contributed by atoms with van der Waals surface area (Å²) in [5.74, 6) is 0.770. The molecule has 1 aliphatic carbocycles. The van der Waals surface area contributed by atoms with Gasteiger partial charge in [0.1, 0.15) is 0 Å². The first kappa shape index (κ1) is 16.8. The molecule has 1 aromatic rings. The van der Waals surface area contributed by atoms with E-state index in [9.17, 15) is 4.79 Å². The van der Waals surface area contributed by atoms with Gasteiger partial charge in [0.2, 0.25) is 5.91 Å². The normalized spacial score (nSPS) is 26.3. The van der Waals surface area contributed by atoms with Gasteiger partial charge < -0.3 is 10.6 Å². The molecule has 1 aliphatic heterocycles. The molecule has 3 nitrogen and oxygen atoms in total. The number of nitrogens with zero attached hydrogens (tertiary/aromatic N) is 1. The van der Waals surface area contributed by atoms with Crippen LogP contribution in [0, 0.1) is 5.92 Å². The van der Waals surface area contributed by atoms with E-state index in [1.807, 2.05) is 12.1 Å². The first-order chi connectivity index (χ1) is 9.56. The minimum atomic E-state index is -0.262. The van der Waals surface area contributed by atoms with Gasteiger partial charge in [-0.05, 0) is 56.3 Å². The molecule has 1 amide bonds. The van der Waals surface area contributed by atoms with Crippen LogP contribution in [-0.4, -0.2) is 29.9 Å². The SMILES string of the molecule is CC1CC(CN)CN1C(=O)C1(c2cccc(Br)c2)CC1.Cl. The Labute approximate surface area is 140 Å². The third-order valence-electron chi connectivity index (χ3n) is 4.79. The van der Waals surface area contributed by atoms with Gasteiger partial charge in [0.25, 0.3) is 0 Å². The molecule has 0 radical (unpaired) electrons. The number of carbonyl (C=O) groups excluding carboxylic acids is 1. The summed E-state index contributed by atoms with van der Waals surface area (Å²) in [4.78, 5) is 15.0. The number of rotatable bonds is 3. The van der Waals surface area contributed by atoms with E-state index in [0.717, 1.165) is 35.8 Å². The standard InChI is InChI=1S/C16H21BrN2O.ClH/c1-11-7-12(9-18)10-19(11)15(20)16(5-6-16)13-3-2-4-14(17)8-13;/h2-4,8,11-12H,5-7,9-10,18H2,1H3;1H. The van der Waals surface area contributed by atoms with Crippen LogP contribution in [0.2, 0.25) is 0 Å². The molecule has 5 heteroatoms. The van der Waals surface area contributed by atoms with E-state index in [1.54, 1.807) is 0 Å². The zero-order chi connectivity index (χ0) is 14.3. The number of amides is 1. The predicted octanol–water partition coefficient (Wildman–Crippen LogP) is 3.10. The number of nitrogens with two attached hydrogens (primary N) is 1. The van der Waals surface area contributed by atoms with Crippen molar-refractivity contribution in [3.8, 4) is 0 Å². The molecular weight excluding hydrogens is 352 g/mol. The molecule has 2 aliphatic rings. The Morgan fingerprint density at radius 1 is 1.48 bits per heavy atom. The highest BCUT2D eigenvalue weighted by Crippen LogP contribution is 2.51. The Kier molecular flexibility index (Phi) is 5.01. The van der Waals surface area contributed by atoms with Crippen molar-refractivity contribution in [2.24, 2.45) is 11.7 Å². The fraction of sp³-hybridized carbons (Fsp3) is 0.562. The van der Waals surface area contributed by atoms with Crippen molar-refractivity contribution in [1.82, 2.24) is 4.90 Å². The third kappa shape index (κ3) is 2.99. The van der Waals surface area contributed by atoms with Crippen LogP contribution in [0.5, 0.6) is 0 Å². The molecule has 0 aromatic heterocycles. The molecule has 2 N–H and O–H groups in total. The van der Waals surface area contributed by atoms with E-state index < -0.39 is 0 Å². The summed E-state index contributed by atoms with van der Waals surface area (Å²) >= 11 is 3.51. The minimum Gasteiger partial charge on any atom is -0.339 e. The molecule has 1 aromatic carbocycles. The number of likely N-dealkylation sites (tertiary alicyclic amines) is 1. The zero-order valence-electron chi connectivity index (χ0n) is 12.2. The molecule has 2 atom stereocenters. The molecule has 0 spiro atoms. The van der Waals surface area contributed by atoms with Crippen molar-refractivity contribution >= 4 is 34.2 Å². The van der Waals surface area contributed by atoms with Gasteiger partial charge in [-0.3, -0.25) is 4.79 Å².